The zero-order chi connectivity index (χ0) is 26.6. The van der Waals surface area contributed by atoms with Gasteiger partial charge in [0.25, 0.3) is 0 Å². The van der Waals surface area contributed by atoms with Crippen molar-refractivity contribution in [2.45, 2.75) is 196 Å². The smallest absolute Gasteiger partial charge is 0.0763 e. The molecule has 0 aliphatic rings. The van der Waals surface area contributed by atoms with Crippen LogP contribution >= 0.6 is 0 Å². The molecule has 0 spiro atoms. The van der Waals surface area contributed by atoms with Crippen molar-refractivity contribution in [2.75, 3.05) is 6.61 Å². The van der Waals surface area contributed by atoms with Crippen LogP contribution in [-0.2, 0) is 4.74 Å². The first-order valence-electron chi connectivity index (χ1n) is 16.2. The number of ether oxygens (including phenoxy) is 1. The van der Waals surface area contributed by atoms with Crippen LogP contribution < -0.4 is 0 Å². The van der Waals surface area contributed by atoms with Crippen LogP contribution in [0.3, 0.4) is 0 Å². The van der Waals surface area contributed by atoms with Gasteiger partial charge in [-0.25, -0.2) is 0 Å². The van der Waals surface area contributed by atoms with Gasteiger partial charge in [0, 0.05) is 6.61 Å². The fourth-order valence-corrected chi connectivity index (χ4v) is 6.26. The summed E-state index contributed by atoms with van der Waals surface area (Å²) in [5.74, 6) is 0.608. The largest absolute Gasteiger partial charge is 0.374 e. The van der Waals surface area contributed by atoms with Crippen LogP contribution in [0.15, 0.2) is 0 Å². The Morgan fingerprint density at radius 3 is 1.31 bits per heavy atom. The second-order valence-corrected chi connectivity index (χ2v) is 13.7. The Balaban J connectivity index is 5.40. The van der Waals surface area contributed by atoms with E-state index in [1.165, 1.54) is 128 Å². The van der Waals surface area contributed by atoms with E-state index in [4.69, 9.17) is 4.74 Å². The second-order valence-electron chi connectivity index (χ2n) is 13.7. The summed E-state index contributed by atoms with van der Waals surface area (Å²) in [6.45, 7) is 22.8. The molecule has 0 saturated heterocycles. The van der Waals surface area contributed by atoms with Crippen molar-refractivity contribution in [3.63, 3.8) is 0 Å². The zero-order valence-corrected chi connectivity index (χ0v) is 26.3. The highest BCUT2D eigenvalue weighted by atomic mass is 16.5. The minimum Gasteiger partial charge on any atom is -0.374 e. The van der Waals surface area contributed by atoms with Crippen molar-refractivity contribution < 1.29 is 4.74 Å². The molecule has 0 aliphatic heterocycles. The molecule has 35 heavy (non-hydrogen) atoms. The molecule has 0 saturated carbocycles. The van der Waals surface area contributed by atoms with E-state index in [0.29, 0.717) is 5.92 Å². The van der Waals surface area contributed by atoms with E-state index in [1.807, 2.05) is 0 Å². The van der Waals surface area contributed by atoms with Crippen LogP contribution in [0.25, 0.3) is 0 Å². The van der Waals surface area contributed by atoms with Crippen LogP contribution in [-0.4, -0.2) is 12.2 Å². The lowest BCUT2D eigenvalue weighted by molar-refractivity contribution is -0.186. The first-order chi connectivity index (χ1) is 16.6. The molecule has 0 aromatic carbocycles. The fraction of sp³-hybridized carbons (Fsp3) is 1.00. The van der Waals surface area contributed by atoms with Gasteiger partial charge in [0.2, 0.25) is 0 Å². The predicted octanol–water partition coefficient (Wildman–Crippen LogP) is 12.3. The summed E-state index contributed by atoms with van der Waals surface area (Å²) in [6, 6.07) is 0. The van der Waals surface area contributed by atoms with E-state index < -0.39 is 0 Å². The fourth-order valence-electron chi connectivity index (χ4n) is 6.26. The number of rotatable bonds is 23. The average Bonchev–Trinajstić information content (AvgIpc) is 2.77. The van der Waals surface area contributed by atoms with Gasteiger partial charge in [0.15, 0.2) is 0 Å². The van der Waals surface area contributed by atoms with Crippen LogP contribution in [0.1, 0.15) is 191 Å². The Kier molecular flexibility index (Phi) is 20.0. The minimum absolute atomic E-state index is 0.0247. The molecule has 1 heteroatoms. The Labute approximate surface area is 224 Å². The third-order valence-electron chi connectivity index (χ3n) is 8.48. The Morgan fingerprint density at radius 1 is 0.486 bits per heavy atom. The zero-order valence-electron chi connectivity index (χ0n) is 26.3. The van der Waals surface area contributed by atoms with Gasteiger partial charge in [-0.1, -0.05) is 171 Å². The van der Waals surface area contributed by atoms with E-state index in [2.05, 4.69) is 62.3 Å². The molecule has 0 amide bonds. The molecule has 1 nitrogen and oxygen atoms in total. The SMILES string of the molecule is CCCCCCCCCCC(OCCCCCCCC)(C(CCCCCC)C(C)(C)C)C(C)(C)C. The number of hydrogen-bond acceptors (Lipinski definition) is 1. The number of hydrogen-bond donors (Lipinski definition) is 0. The highest BCUT2D eigenvalue weighted by Gasteiger charge is 2.51. The van der Waals surface area contributed by atoms with E-state index in [9.17, 15) is 0 Å². The molecule has 0 radical (unpaired) electrons. The third-order valence-corrected chi connectivity index (χ3v) is 8.48. The summed E-state index contributed by atoms with van der Waals surface area (Å²) in [7, 11) is 0. The first kappa shape index (κ1) is 35.0. The lowest BCUT2D eigenvalue weighted by Gasteiger charge is -2.54. The molecular formula is C34H70O. The maximum atomic E-state index is 7.21. The van der Waals surface area contributed by atoms with Crippen molar-refractivity contribution in [1.82, 2.24) is 0 Å². The quantitative estimate of drug-likeness (QED) is 0.128. The van der Waals surface area contributed by atoms with Gasteiger partial charge in [0.1, 0.15) is 0 Å². The van der Waals surface area contributed by atoms with Crippen molar-refractivity contribution in [3.05, 3.63) is 0 Å². The Morgan fingerprint density at radius 2 is 0.886 bits per heavy atom. The van der Waals surface area contributed by atoms with Crippen molar-refractivity contribution in [3.8, 4) is 0 Å². The molecule has 2 atom stereocenters. The summed E-state index contributed by atoms with van der Waals surface area (Å²) in [6.07, 6.45) is 27.1. The monoisotopic (exact) mass is 495 g/mol. The van der Waals surface area contributed by atoms with Gasteiger partial charge < -0.3 is 4.74 Å². The van der Waals surface area contributed by atoms with Gasteiger partial charge in [0.05, 0.1) is 5.60 Å². The van der Waals surface area contributed by atoms with Gasteiger partial charge in [-0.05, 0) is 36.0 Å². The molecule has 0 N–H and O–H groups in total. The van der Waals surface area contributed by atoms with E-state index >= 15 is 0 Å². The van der Waals surface area contributed by atoms with Gasteiger partial charge >= 0.3 is 0 Å². The lowest BCUT2D eigenvalue weighted by atomic mass is 9.57. The highest BCUT2D eigenvalue weighted by Crippen LogP contribution is 2.52. The van der Waals surface area contributed by atoms with Crippen LogP contribution in [0.4, 0.5) is 0 Å². The summed E-state index contributed by atoms with van der Waals surface area (Å²) in [5, 5.41) is 0. The minimum atomic E-state index is -0.0247. The van der Waals surface area contributed by atoms with E-state index in [-0.39, 0.29) is 16.4 Å². The summed E-state index contributed by atoms with van der Waals surface area (Å²) in [4.78, 5) is 0. The molecule has 0 heterocycles. The van der Waals surface area contributed by atoms with Gasteiger partial charge in [-0.15, -0.1) is 0 Å². The maximum Gasteiger partial charge on any atom is 0.0763 e. The van der Waals surface area contributed by atoms with Gasteiger partial charge in [-0.3, -0.25) is 0 Å². The van der Waals surface area contributed by atoms with Crippen LogP contribution in [0.2, 0.25) is 0 Å². The van der Waals surface area contributed by atoms with Crippen molar-refractivity contribution >= 4 is 0 Å². The van der Waals surface area contributed by atoms with E-state index in [0.717, 1.165) is 6.61 Å². The van der Waals surface area contributed by atoms with Crippen LogP contribution in [0, 0.1) is 16.7 Å². The van der Waals surface area contributed by atoms with Crippen molar-refractivity contribution in [1.29, 1.82) is 0 Å². The third kappa shape index (κ3) is 15.1. The standard InChI is InChI=1S/C34H70O/c1-10-13-16-19-21-22-23-26-29-34(33(7,8)9,35-30-27-24-20-17-14-11-2)31(32(4,5)6)28-25-18-15-12-3/h31H,10-30H2,1-9H3. The lowest BCUT2D eigenvalue weighted by Crippen LogP contribution is -2.55. The normalized spacial score (nSPS) is 15.3. The maximum absolute atomic E-state index is 7.21. The molecule has 0 fully saturated rings. The van der Waals surface area contributed by atoms with Gasteiger partial charge in [-0.2, -0.15) is 0 Å². The Hall–Kier alpha value is -0.0400. The van der Waals surface area contributed by atoms with Crippen molar-refractivity contribution in [2.24, 2.45) is 16.7 Å². The molecule has 0 rings (SSSR count). The summed E-state index contributed by atoms with van der Waals surface area (Å²) >= 11 is 0. The molecular weight excluding hydrogens is 424 g/mol. The molecule has 2 unspecified atom stereocenters. The topological polar surface area (TPSA) is 9.23 Å². The average molecular weight is 495 g/mol. The Bertz CT molecular complexity index is 454. The summed E-state index contributed by atoms with van der Waals surface area (Å²) < 4.78 is 7.21. The molecule has 0 aromatic rings. The predicted molar refractivity (Wildman–Crippen MR) is 160 cm³/mol. The highest BCUT2D eigenvalue weighted by molar-refractivity contribution is 5.01. The summed E-state index contributed by atoms with van der Waals surface area (Å²) in [5.41, 5.74) is 0.392. The van der Waals surface area contributed by atoms with Crippen LogP contribution in [0.5, 0.6) is 0 Å². The first-order valence-corrected chi connectivity index (χ1v) is 16.2. The second kappa shape index (κ2) is 20.0. The number of unbranched alkanes of at least 4 members (excludes halogenated alkanes) is 15. The van der Waals surface area contributed by atoms with E-state index in [1.54, 1.807) is 0 Å². The molecule has 212 valence electrons. The molecule has 0 bridgehead atoms. The molecule has 0 aromatic heterocycles. The molecule has 0 aliphatic carbocycles.